The molecule has 42 heavy (non-hydrogen) atoms. The second-order valence-corrected chi connectivity index (χ2v) is 11.4. The first-order valence-electron chi connectivity index (χ1n) is 13.6. The van der Waals surface area contributed by atoms with Crippen LogP contribution in [0.4, 0.5) is 11.4 Å². The van der Waals surface area contributed by atoms with Crippen LogP contribution in [0, 0.1) is 11.8 Å². The number of ether oxygens (including phenoxy) is 1. The molecule has 7 rings (SSSR count). The topological polar surface area (TPSA) is 66.9 Å². The minimum absolute atomic E-state index is 0.179. The summed E-state index contributed by atoms with van der Waals surface area (Å²) < 4.78 is 6.31. The van der Waals surface area contributed by atoms with Gasteiger partial charge in [-0.25, -0.2) is 9.69 Å². The summed E-state index contributed by atoms with van der Waals surface area (Å²) in [5.74, 6) is -3.28. The van der Waals surface area contributed by atoms with Crippen LogP contribution < -0.4 is 9.80 Å². The summed E-state index contributed by atoms with van der Waals surface area (Å²) in [4.78, 5) is 45.6. The van der Waals surface area contributed by atoms with Crippen molar-refractivity contribution in [1.82, 2.24) is 0 Å². The first kappa shape index (κ1) is 26.5. The average Bonchev–Trinajstić information content (AvgIpc) is 3.49. The molecule has 3 heterocycles. The lowest BCUT2D eigenvalue weighted by molar-refractivity contribution is -0.151. The Hall–Kier alpha value is -4.39. The highest BCUT2D eigenvalue weighted by Crippen LogP contribution is 2.50. The van der Waals surface area contributed by atoms with Gasteiger partial charge in [0.25, 0.3) is 0 Å². The quantitative estimate of drug-likeness (QED) is 0.190. The fraction of sp³-hybridized carbons (Fsp3) is 0.147. The number of hydrogen-bond acceptors (Lipinski definition) is 5. The molecular formula is C34H24Cl2N2O4. The van der Waals surface area contributed by atoms with E-state index >= 15 is 0 Å². The number of nitrogens with zero attached hydrogens (tertiary/aromatic N) is 2. The SMILES string of the molecule is O=C(OC(c1ccccc1)c1ccccc1)[C@@H]1[C@H]2C(=O)N(c3ccc(Cl)cc3Cl)C(=O)[C@@H]2[C@H]2C=Cc3ccccc3N21. The number of para-hydroxylation sites is 1. The van der Waals surface area contributed by atoms with E-state index in [2.05, 4.69) is 0 Å². The number of amides is 2. The molecule has 0 radical (unpaired) electrons. The Labute approximate surface area is 252 Å². The van der Waals surface area contributed by atoms with Crippen LogP contribution in [0.2, 0.25) is 10.0 Å². The van der Waals surface area contributed by atoms with Gasteiger partial charge in [0.15, 0.2) is 6.10 Å². The maximum atomic E-state index is 14.4. The zero-order chi connectivity index (χ0) is 29.0. The molecule has 4 aromatic rings. The van der Waals surface area contributed by atoms with Crippen molar-refractivity contribution >= 4 is 58.4 Å². The molecule has 6 nitrogen and oxygen atoms in total. The van der Waals surface area contributed by atoms with Gasteiger partial charge in [-0.2, -0.15) is 0 Å². The van der Waals surface area contributed by atoms with Gasteiger partial charge < -0.3 is 9.64 Å². The first-order valence-corrected chi connectivity index (χ1v) is 14.4. The molecule has 0 aromatic heterocycles. The van der Waals surface area contributed by atoms with Crippen LogP contribution in [-0.4, -0.2) is 29.9 Å². The van der Waals surface area contributed by atoms with Crippen LogP contribution >= 0.6 is 23.2 Å². The van der Waals surface area contributed by atoms with Gasteiger partial charge in [-0.1, -0.05) is 114 Å². The van der Waals surface area contributed by atoms with Crippen molar-refractivity contribution in [3.63, 3.8) is 0 Å². The number of rotatable bonds is 5. The Morgan fingerprint density at radius 1 is 0.738 bits per heavy atom. The van der Waals surface area contributed by atoms with Crippen LogP contribution in [-0.2, 0) is 19.1 Å². The third-order valence-electron chi connectivity index (χ3n) is 8.25. The fourth-order valence-electron chi connectivity index (χ4n) is 6.45. The predicted octanol–water partition coefficient (Wildman–Crippen LogP) is 6.72. The molecule has 0 unspecified atom stereocenters. The van der Waals surface area contributed by atoms with Gasteiger partial charge in [-0.15, -0.1) is 0 Å². The third kappa shape index (κ3) is 4.21. The van der Waals surface area contributed by atoms with E-state index in [1.807, 2.05) is 102 Å². The van der Waals surface area contributed by atoms with Crippen molar-refractivity contribution in [2.75, 3.05) is 9.80 Å². The van der Waals surface area contributed by atoms with E-state index in [1.54, 1.807) is 12.1 Å². The zero-order valence-corrected chi connectivity index (χ0v) is 23.7. The van der Waals surface area contributed by atoms with Crippen LogP contribution in [0.5, 0.6) is 0 Å². The van der Waals surface area contributed by atoms with Gasteiger partial charge in [0, 0.05) is 10.7 Å². The van der Waals surface area contributed by atoms with E-state index < -0.39 is 47.8 Å². The van der Waals surface area contributed by atoms with Gasteiger partial charge in [-0.3, -0.25) is 9.59 Å². The van der Waals surface area contributed by atoms with E-state index in [0.717, 1.165) is 27.3 Å². The standard InChI is InChI=1S/C34H24Cl2N2O4/c35-23-16-18-26(24(36)19-23)38-32(39)28-27-17-15-20-9-7-8-14-25(20)37(27)30(29(28)33(38)40)34(41)42-31(21-10-3-1-4-11-21)22-12-5-2-6-13-22/h1-19,27-31H/t27-,28-,29+,30+/m1/s1. The highest BCUT2D eigenvalue weighted by atomic mass is 35.5. The third-order valence-corrected chi connectivity index (χ3v) is 8.78. The number of halogens is 2. The molecule has 4 atom stereocenters. The molecule has 3 aliphatic rings. The van der Waals surface area contributed by atoms with Crippen LogP contribution in [0.1, 0.15) is 22.8 Å². The number of esters is 1. The number of fused-ring (bicyclic) bond motifs is 5. The number of hydrogen-bond donors (Lipinski definition) is 0. The van der Waals surface area contributed by atoms with E-state index in [1.165, 1.54) is 6.07 Å². The second kappa shape index (κ2) is 10.5. The molecule has 0 aliphatic carbocycles. The highest BCUT2D eigenvalue weighted by Gasteiger charge is 2.65. The first-order chi connectivity index (χ1) is 20.4. The zero-order valence-electron chi connectivity index (χ0n) is 22.1. The van der Waals surface area contributed by atoms with Gasteiger partial charge in [0.1, 0.15) is 6.04 Å². The molecule has 2 saturated heterocycles. The maximum absolute atomic E-state index is 14.4. The summed E-state index contributed by atoms with van der Waals surface area (Å²) in [7, 11) is 0. The molecule has 8 heteroatoms. The summed E-state index contributed by atoms with van der Waals surface area (Å²) in [6, 6.07) is 29.6. The number of carbonyl (C=O) groups excluding carboxylic acids is 3. The minimum atomic E-state index is -1.05. The Morgan fingerprint density at radius 3 is 2.02 bits per heavy atom. The van der Waals surface area contributed by atoms with Crippen LogP contribution in [0.25, 0.3) is 6.08 Å². The maximum Gasteiger partial charge on any atom is 0.330 e. The summed E-state index contributed by atoms with van der Waals surface area (Å²) >= 11 is 12.6. The van der Waals surface area contributed by atoms with E-state index in [9.17, 15) is 14.4 Å². The summed E-state index contributed by atoms with van der Waals surface area (Å²) in [5.41, 5.74) is 3.51. The number of carbonyl (C=O) groups is 3. The van der Waals surface area contributed by atoms with E-state index in [4.69, 9.17) is 27.9 Å². The molecule has 2 amide bonds. The Kier molecular flexibility index (Phi) is 6.60. The summed E-state index contributed by atoms with van der Waals surface area (Å²) in [6.45, 7) is 0. The normalized spacial score (nSPS) is 22.3. The summed E-state index contributed by atoms with van der Waals surface area (Å²) in [5, 5.41) is 0.563. The van der Waals surface area contributed by atoms with Crippen molar-refractivity contribution in [2.24, 2.45) is 11.8 Å². The van der Waals surface area contributed by atoms with Gasteiger partial charge in [0.2, 0.25) is 11.8 Å². The van der Waals surface area contributed by atoms with Gasteiger partial charge in [0.05, 0.1) is 28.6 Å². The molecule has 0 N–H and O–H groups in total. The Bertz CT molecular complexity index is 1700. The van der Waals surface area contributed by atoms with E-state index in [0.29, 0.717) is 5.02 Å². The molecule has 0 spiro atoms. The molecular weight excluding hydrogens is 571 g/mol. The molecule has 0 saturated carbocycles. The van der Waals surface area contributed by atoms with Crippen molar-refractivity contribution < 1.29 is 19.1 Å². The van der Waals surface area contributed by atoms with Crippen molar-refractivity contribution in [1.29, 1.82) is 0 Å². The predicted molar refractivity (Wildman–Crippen MR) is 162 cm³/mol. The fourth-order valence-corrected chi connectivity index (χ4v) is 6.95. The number of anilines is 2. The lowest BCUT2D eigenvalue weighted by Crippen LogP contribution is -2.49. The summed E-state index contributed by atoms with van der Waals surface area (Å²) in [6.07, 6.45) is 3.13. The van der Waals surface area contributed by atoms with Crippen LogP contribution in [0.15, 0.2) is 109 Å². The average molecular weight is 595 g/mol. The van der Waals surface area contributed by atoms with Gasteiger partial charge >= 0.3 is 5.97 Å². The monoisotopic (exact) mass is 594 g/mol. The Balaban J connectivity index is 1.32. The largest absolute Gasteiger partial charge is 0.451 e. The smallest absolute Gasteiger partial charge is 0.330 e. The number of benzene rings is 4. The van der Waals surface area contributed by atoms with Crippen molar-refractivity contribution in [3.8, 4) is 0 Å². The van der Waals surface area contributed by atoms with Crippen LogP contribution in [0.3, 0.4) is 0 Å². The van der Waals surface area contributed by atoms with Crippen molar-refractivity contribution in [3.05, 3.63) is 136 Å². The molecule has 2 fully saturated rings. The highest BCUT2D eigenvalue weighted by molar-refractivity contribution is 6.38. The lowest BCUT2D eigenvalue weighted by Gasteiger charge is -2.36. The molecule has 0 bridgehead atoms. The van der Waals surface area contributed by atoms with E-state index in [-0.39, 0.29) is 10.7 Å². The minimum Gasteiger partial charge on any atom is -0.451 e. The number of imide groups is 1. The molecule has 208 valence electrons. The molecule has 4 aromatic carbocycles. The van der Waals surface area contributed by atoms with Crippen molar-refractivity contribution in [2.45, 2.75) is 18.2 Å². The molecule has 3 aliphatic heterocycles. The Morgan fingerprint density at radius 2 is 1.36 bits per heavy atom. The van der Waals surface area contributed by atoms with Gasteiger partial charge in [-0.05, 0) is 41.0 Å². The second-order valence-electron chi connectivity index (χ2n) is 10.6. The lowest BCUT2D eigenvalue weighted by atomic mass is 9.88.